The van der Waals surface area contributed by atoms with E-state index >= 15 is 0 Å². The Kier molecular flexibility index (Phi) is 7.14. The predicted octanol–water partition coefficient (Wildman–Crippen LogP) is 13.6. The van der Waals surface area contributed by atoms with Crippen molar-refractivity contribution in [3.8, 4) is 56.4 Å². The average Bonchev–Trinajstić information content (AvgIpc) is 3.65. The average molecular weight is 702 g/mol. The first-order chi connectivity index (χ1) is 27.2. The molecule has 0 bridgehead atoms. The molecule has 9 aromatic carbocycles. The number of hydrogen-bond donors (Lipinski definition) is 0. The Balaban J connectivity index is 1.22. The number of fused-ring (bicyclic) bond motifs is 6. The molecule has 0 aliphatic carbocycles. The number of hydrogen-bond acceptors (Lipinski definition) is 4. The van der Waals surface area contributed by atoms with E-state index in [0.717, 1.165) is 66.3 Å². The molecule has 0 spiro atoms. The highest BCUT2D eigenvalue weighted by Gasteiger charge is 2.23. The lowest BCUT2D eigenvalue weighted by Gasteiger charge is -2.14. The Bertz CT molecular complexity index is 3270. The van der Waals surface area contributed by atoms with Gasteiger partial charge >= 0.3 is 0 Å². The molecule has 0 saturated heterocycles. The van der Waals surface area contributed by atoms with Gasteiger partial charge in [0.05, 0.1) is 0 Å². The molecule has 0 atom stereocenters. The van der Waals surface area contributed by atoms with Crippen LogP contribution in [-0.4, -0.2) is 15.0 Å². The fraction of sp³-hybridized carbons (Fsp3) is 0. The lowest BCUT2D eigenvalue weighted by Crippen LogP contribution is -2.01. The zero-order valence-electron chi connectivity index (χ0n) is 29.6. The Morgan fingerprint density at radius 3 is 1.47 bits per heavy atom. The van der Waals surface area contributed by atoms with E-state index in [1.54, 1.807) is 0 Å². The summed E-state index contributed by atoms with van der Waals surface area (Å²) in [7, 11) is 0. The maximum Gasteiger partial charge on any atom is 0.165 e. The molecule has 4 heteroatoms. The van der Waals surface area contributed by atoms with Crippen molar-refractivity contribution in [2.45, 2.75) is 0 Å². The van der Waals surface area contributed by atoms with Crippen molar-refractivity contribution >= 4 is 54.3 Å². The quantitative estimate of drug-likeness (QED) is 0.179. The van der Waals surface area contributed by atoms with Crippen molar-refractivity contribution in [1.29, 1.82) is 0 Å². The molecule has 0 saturated carbocycles. The minimum absolute atomic E-state index is 0.588. The van der Waals surface area contributed by atoms with Gasteiger partial charge in [0, 0.05) is 33.0 Å². The van der Waals surface area contributed by atoms with Gasteiger partial charge in [-0.3, -0.25) is 0 Å². The highest BCUT2D eigenvalue weighted by Crippen LogP contribution is 2.45. The smallest absolute Gasteiger partial charge is 0.165 e. The van der Waals surface area contributed by atoms with Crippen LogP contribution in [0.1, 0.15) is 0 Å². The summed E-state index contributed by atoms with van der Waals surface area (Å²) in [5.74, 6) is 1.81. The van der Waals surface area contributed by atoms with Crippen LogP contribution in [0.25, 0.3) is 111 Å². The third kappa shape index (κ3) is 5.34. The van der Waals surface area contributed by atoms with E-state index in [-0.39, 0.29) is 0 Å². The molecule has 2 heterocycles. The monoisotopic (exact) mass is 701 g/mol. The summed E-state index contributed by atoms with van der Waals surface area (Å²) in [5, 5.41) is 9.02. The standard InChI is InChI=1S/C51H31N3O/c1-2-14-35(15-3-1)49-52-50(41-26-23-34-13-6-9-18-38(34)31-41)54-51(53-49)47-42(39-24-21-32-11-4-7-16-36(32)29-39)27-28-45-46(47)44-20-10-19-43(48(44)55-45)40-25-22-33-12-5-8-17-37(33)30-40/h1-31H. The SMILES string of the molecule is c1ccc(-c2nc(-c3ccc4ccccc4c3)nc(-c3c(-c4ccc5ccccc5c4)ccc4oc5c(-c6ccc7ccccc7c6)cccc5c34)n2)cc1. The van der Waals surface area contributed by atoms with Gasteiger partial charge in [0.25, 0.3) is 0 Å². The van der Waals surface area contributed by atoms with Crippen molar-refractivity contribution in [2.75, 3.05) is 0 Å². The van der Waals surface area contributed by atoms with Crippen LogP contribution in [0.15, 0.2) is 192 Å². The number of aromatic nitrogens is 3. The minimum atomic E-state index is 0.588. The maximum absolute atomic E-state index is 6.88. The van der Waals surface area contributed by atoms with Gasteiger partial charge in [-0.15, -0.1) is 0 Å². The van der Waals surface area contributed by atoms with Gasteiger partial charge in [0.15, 0.2) is 17.5 Å². The molecule has 0 amide bonds. The Morgan fingerprint density at radius 2 is 0.836 bits per heavy atom. The summed E-state index contributed by atoms with van der Waals surface area (Å²) in [6.07, 6.45) is 0. The van der Waals surface area contributed by atoms with Gasteiger partial charge in [-0.1, -0.05) is 158 Å². The van der Waals surface area contributed by atoms with Crippen molar-refractivity contribution in [3.05, 3.63) is 188 Å². The first kappa shape index (κ1) is 31.1. The van der Waals surface area contributed by atoms with Gasteiger partial charge < -0.3 is 4.42 Å². The lowest BCUT2D eigenvalue weighted by molar-refractivity contribution is 0.670. The van der Waals surface area contributed by atoms with Crippen molar-refractivity contribution in [1.82, 2.24) is 15.0 Å². The van der Waals surface area contributed by atoms with Crippen molar-refractivity contribution in [2.24, 2.45) is 0 Å². The fourth-order valence-electron chi connectivity index (χ4n) is 7.97. The van der Waals surface area contributed by atoms with Crippen LogP contribution in [0, 0.1) is 0 Å². The largest absolute Gasteiger partial charge is 0.455 e. The van der Waals surface area contributed by atoms with Gasteiger partial charge in [0.2, 0.25) is 0 Å². The Morgan fingerprint density at radius 1 is 0.327 bits per heavy atom. The van der Waals surface area contributed by atoms with Gasteiger partial charge in [-0.05, 0) is 79.3 Å². The summed E-state index contributed by atoms with van der Waals surface area (Å²) in [6.45, 7) is 0. The van der Waals surface area contributed by atoms with Crippen LogP contribution in [0.4, 0.5) is 0 Å². The second-order valence-electron chi connectivity index (χ2n) is 14.0. The molecule has 55 heavy (non-hydrogen) atoms. The van der Waals surface area contributed by atoms with Crippen molar-refractivity contribution < 1.29 is 4.42 Å². The van der Waals surface area contributed by atoms with E-state index in [2.05, 4.69) is 170 Å². The topological polar surface area (TPSA) is 51.8 Å². The summed E-state index contributed by atoms with van der Waals surface area (Å²) < 4.78 is 6.88. The number of benzene rings is 9. The van der Waals surface area contributed by atoms with E-state index in [1.807, 2.05) is 18.2 Å². The molecule has 2 aromatic heterocycles. The second kappa shape index (κ2) is 12.6. The highest BCUT2D eigenvalue weighted by atomic mass is 16.3. The molecule has 11 rings (SSSR count). The molecule has 11 aromatic rings. The molecule has 4 nitrogen and oxygen atoms in total. The summed E-state index contributed by atoms with van der Waals surface area (Å²) in [4.78, 5) is 15.8. The number of furan rings is 1. The van der Waals surface area contributed by atoms with Crippen LogP contribution in [0.2, 0.25) is 0 Å². The molecular formula is C51H31N3O. The lowest BCUT2D eigenvalue weighted by atomic mass is 9.92. The Hall–Kier alpha value is -7.43. The van der Waals surface area contributed by atoms with Gasteiger partial charge in [0.1, 0.15) is 11.2 Å². The highest BCUT2D eigenvalue weighted by molar-refractivity contribution is 6.18. The molecule has 0 fully saturated rings. The van der Waals surface area contributed by atoms with E-state index < -0.39 is 0 Å². The van der Waals surface area contributed by atoms with E-state index in [9.17, 15) is 0 Å². The zero-order valence-corrected chi connectivity index (χ0v) is 29.6. The summed E-state index contributed by atoms with van der Waals surface area (Å²) in [6, 6.07) is 65.8. The van der Waals surface area contributed by atoms with Crippen LogP contribution in [-0.2, 0) is 0 Å². The number of rotatable bonds is 5. The van der Waals surface area contributed by atoms with Crippen LogP contribution < -0.4 is 0 Å². The molecule has 256 valence electrons. The van der Waals surface area contributed by atoms with E-state index in [0.29, 0.717) is 17.5 Å². The molecular weight excluding hydrogens is 671 g/mol. The maximum atomic E-state index is 6.88. The van der Waals surface area contributed by atoms with Crippen LogP contribution >= 0.6 is 0 Å². The zero-order chi connectivity index (χ0) is 36.3. The molecule has 0 N–H and O–H groups in total. The molecule has 0 aliphatic heterocycles. The minimum Gasteiger partial charge on any atom is -0.455 e. The number of para-hydroxylation sites is 1. The van der Waals surface area contributed by atoms with Gasteiger partial charge in [-0.25, -0.2) is 15.0 Å². The summed E-state index contributed by atoms with van der Waals surface area (Å²) in [5.41, 5.74) is 8.59. The first-order valence-electron chi connectivity index (χ1n) is 18.5. The predicted molar refractivity (Wildman–Crippen MR) is 227 cm³/mol. The van der Waals surface area contributed by atoms with Gasteiger partial charge in [-0.2, -0.15) is 0 Å². The van der Waals surface area contributed by atoms with Crippen LogP contribution in [0.3, 0.4) is 0 Å². The van der Waals surface area contributed by atoms with Crippen LogP contribution in [0.5, 0.6) is 0 Å². The van der Waals surface area contributed by atoms with E-state index in [4.69, 9.17) is 19.4 Å². The Labute approximate surface area is 317 Å². The van der Waals surface area contributed by atoms with E-state index in [1.165, 1.54) is 26.9 Å². The molecule has 0 unspecified atom stereocenters. The third-order valence-corrected chi connectivity index (χ3v) is 10.7. The summed E-state index contributed by atoms with van der Waals surface area (Å²) >= 11 is 0. The number of nitrogens with zero attached hydrogens (tertiary/aromatic N) is 3. The third-order valence-electron chi connectivity index (χ3n) is 10.7. The van der Waals surface area contributed by atoms with Crippen molar-refractivity contribution in [3.63, 3.8) is 0 Å². The molecule has 0 aliphatic rings. The normalized spacial score (nSPS) is 11.6. The fourth-order valence-corrected chi connectivity index (χ4v) is 7.97. The first-order valence-corrected chi connectivity index (χ1v) is 18.5. The second-order valence-corrected chi connectivity index (χ2v) is 14.0. The molecule has 0 radical (unpaired) electrons.